The summed E-state index contributed by atoms with van der Waals surface area (Å²) in [7, 11) is 0. The van der Waals surface area contributed by atoms with Crippen LogP contribution in [0.5, 0.6) is 0 Å². The minimum absolute atomic E-state index is 0.127. The van der Waals surface area contributed by atoms with Crippen molar-refractivity contribution in [1.82, 2.24) is 19.5 Å². The van der Waals surface area contributed by atoms with Gasteiger partial charge in [0.1, 0.15) is 5.82 Å². The summed E-state index contributed by atoms with van der Waals surface area (Å²) in [6.07, 6.45) is 0.682. The van der Waals surface area contributed by atoms with E-state index in [2.05, 4.69) is 9.97 Å². The lowest BCUT2D eigenvalue weighted by Crippen LogP contribution is -2.24. The van der Waals surface area contributed by atoms with E-state index in [0.29, 0.717) is 64.0 Å². The summed E-state index contributed by atoms with van der Waals surface area (Å²) in [6, 6.07) is 12.3. The molecule has 0 aliphatic rings. The highest BCUT2D eigenvalue weighted by molar-refractivity contribution is 7.99. The second-order valence-electron chi connectivity index (χ2n) is 7.29. The Morgan fingerprint density at radius 2 is 1.94 bits per heavy atom. The third-order valence-corrected chi connectivity index (χ3v) is 6.39. The first-order valence-electron chi connectivity index (χ1n) is 10.4. The molecule has 4 aromatic rings. The number of rotatable bonds is 8. The van der Waals surface area contributed by atoms with E-state index < -0.39 is 0 Å². The monoisotopic (exact) mass is 470 g/mol. The van der Waals surface area contributed by atoms with Crippen LogP contribution in [0.1, 0.15) is 31.3 Å². The predicted molar refractivity (Wildman–Crippen MR) is 129 cm³/mol. The van der Waals surface area contributed by atoms with Crippen LogP contribution in [-0.2, 0) is 11.3 Å². The van der Waals surface area contributed by atoms with Crippen molar-refractivity contribution in [3.05, 3.63) is 74.0 Å². The normalized spacial score (nSPS) is 12.5. The Morgan fingerprint density at radius 1 is 1.12 bits per heavy atom. The Kier molecular flexibility index (Phi) is 6.93. The molecular formula is C23H23ClN4O3S. The predicted octanol–water partition coefficient (Wildman–Crippen LogP) is 4.57. The zero-order chi connectivity index (χ0) is 22.7. The van der Waals surface area contributed by atoms with Crippen LogP contribution in [0.2, 0.25) is 5.02 Å². The number of thioether (sulfide) groups is 1. The van der Waals surface area contributed by atoms with E-state index in [4.69, 9.17) is 21.3 Å². The number of fused-ring (bicyclic) bond motifs is 2. The van der Waals surface area contributed by atoms with Gasteiger partial charge in [-0.15, -0.1) is 0 Å². The molecule has 0 amide bonds. The van der Waals surface area contributed by atoms with Crippen LogP contribution in [0, 0.1) is 0 Å². The van der Waals surface area contributed by atoms with Gasteiger partial charge in [0.25, 0.3) is 11.1 Å². The van der Waals surface area contributed by atoms with Gasteiger partial charge in [-0.25, -0.2) is 9.97 Å². The molecule has 0 spiro atoms. The molecule has 2 aromatic carbocycles. The smallest absolute Gasteiger partial charge is 0.262 e. The van der Waals surface area contributed by atoms with E-state index in [1.807, 2.05) is 32.0 Å². The minimum Gasteiger partial charge on any atom is -0.382 e. The van der Waals surface area contributed by atoms with E-state index in [1.165, 1.54) is 11.8 Å². The van der Waals surface area contributed by atoms with Crippen LogP contribution in [0.4, 0.5) is 0 Å². The largest absolute Gasteiger partial charge is 0.382 e. The van der Waals surface area contributed by atoms with Crippen LogP contribution in [-0.4, -0.2) is 32.7 Å². The van der Waals surface area contributed by atoms with Gasteiger partial charge in [0.2, 0.25) is 0 Å². The highest BCUT2D eigenvalue weighted by Gasteiger charge is 2.18. The van der Waals surface area contributed by atoms with Crippen molar-refractivity contribution in [3.63, 3.8) is 0 Å². The van der Waals surface area contributed by atoms with Crippen LogP contribution in [0.25, 0.3) is 21.8 Å². The second kappa shape index (κ2) is 9.85. The molecule has 32 heavy (non-hydrogen) atoms. The van der Waals surface area contributed by atoms with Crippen molar-refractivity contribution in [3.8, 4) is 0 Å². The molecule has 2 heterocycles. The number of aromatic nitrogens is 4. The number of nitrogens with one attached hydrogen (secondary N) is 1. The summed E-state index contributed by atoms with van der Waals surface area (Å²) < 4.78 is 7.10. The first-order chi connectivity index (χ1) is 15.5. The quantitative estimate of drug-likeness (QED) is 0.230. The van der Waals surface area contributed by atoms with Crippen molar-refractivity contribution in [1.29, 1.82) is 0 Å². The van der Waals surface area contributed by atoms with Gasteiger partial charge in [-0.05, 0) is 50.6 Å². The maximum absolute atomic E-state index is 13.2. The van der Waals surface area contributed by atoms with E-state index in [9.17, 15) is 9.59 Å². The van der Waals surface area contributed by atoms with Crippen molar-refractivity contribution >= 4 is 45.2 Å². The fourth-order valence-electron chi connectivity index (χ4n) is 3.44. The van der Waals surface area contributed by atoms with Crippen molar-refractivity contribution in [2.75, 3.05) is 13.2 Å². The third-order valence-electron chi connectivity index (χ3n) is 5.06. The molecule has 1 unspecified atom stereocenters. The lowest BCUT2D eigenvalue weighted by atomic mass is 10.2. The third kappa shape index (κ3) is 4.72. The Hall–Kier alpha value is -2.68. The Balaban J connectivity index is 1.73. The lowest BCUT2D eigenvalue weighted by molar-refractivity contribution is 0.140. The van der Waals surface area contributed by atoms with Crippen molar-refractivity contribution in [2.45, 2.75) is 37.2 Å². The number of hydrogen-bond acceptors (Lipinski definition) is 6. The van der Waals surface area contributed by atoms with Gasteiger partial charge in [-0.1, -0.05) is 35.5 Å². The number of para-hydroxylation sites is 1. The summed E-state index contributed by atoms with van der Waals surface area (Å²) >= 11 is 7.51. The fraction of sp³-hybridized carbons (Fsp3) is 0.304. The molecule has 0 saturated heterocycles. The lowest BCUT2D eigenvalue weighted by Gasteiger charge is -2.16. The fourth-order valence-corrected chi connectivity index (χ4v) is 4.60. The van der Waals surface area contributed by atoms with Gasteiger partial charge in [-0.3, -0.25) is 14.2 Å². The maximum Gasteiger partial charge on any atom is 0.262 e. The molecule has 2 aromatic heterocycles. The standard InChI is InChI=1S/C23H23ClN4O3S/c1-3-31-12-6-11-28-22(30)17-10-9-15(24)13-19(17)26-23(28)32-14(2)20-25-18-8-5-4-7-16(18)21(29)27-20/h4-5,7-10,13-14H,3,6,11-12H2,1-2H3,(H,25,27,29). The highest BCUT2D eigenvalue weighted by atomic mass is 35.5. The first-order valence-corrected chi connectivity index (χ1v) is 11.7. The number of hydrogen-bond donors (Lipinski definition) is 1. The topological polar surface area (TPSA) is 89.9 Å². The first kappa shape index (κ1) is 22.5. The van der Waals surface area contributed by atoms with Gasteiger partial charge < -0.3 is 9.72 Å². The molecule has 0 fully saturated rings. The number of nitrogens with zero attached hydrogens (tertiary/aromatic N) is 3. The molecule has 0 aliphatic heterocycles. The van der Waals surface area contributed by atoms with Gasteiger partial charge in [0.05, 0.1) is 27.1 Å². The molecule has 0 radical (unpaired) electrons. The SMILES string of the molecule is CCOCCCn1c(SC(C)c2nc3ccccc3c(=O)[nH]2)nc2cc(Cl)ccc2c1=O. The van der Waals surface area contributed by atoms with Gasteiger partial charge in [-0.2, -0.15) is 0 Å². The van der Waals surface area contributed by atoms with Crippen LogP contribution in [0.3, 0.4) is 0 Å². The summed E-state index contributed by atoms with van der Waals surface area (Å²) in [4.78, 5) is 37.9. The van der Waals surface area contributed by atoms with E-state index in [0.717, 1.165) is 0 Å². The summed E-state index contributed by atoms with van der Waals surface area (Å²) in [5.74, 6) is 0.528. The highest BCUT2D eigenvalue weighted by Crippen LogP contribution is 2.32. The minimum atomic E-state index is -0.242. The van der Waals surface area contributed by atoms with Gasteiger partial charge in [0.15, 0.2) is 5.16 Å². The van der Waals surface area contributed by atoms with Crippen molar-refractivity contribution in [2.24, 2.45) is 0 Å². The zero-order valence-electron chi connectivity index (χ0n) is 17.8. The number of benzene rings is 2. The molecule has 0 saturated carbocycles. The molecule has 1 atom stereocenters. The molecular weight excluding hydrogens is 448 g/mol. The average molecular weight is 471 g/mol. The summed E-state index contributed by atoms with van der Waals surface area (Å²) in [5, 5.41) is 1.88. The summed E-state index contributed by atoms with van der Waals surface area (Å²) in [6.45, 7) is 5.52. The molecule has 7 nitrogen and oxygen atoms in total. The molecule has 166 valence electrons. The molecule has 1 N–H and O–H groups in total. The average Bonchev–Trinajstić information content (AvgIpc) is 2.78. The Labute approximate surface area is 193 Å². The molecule has 0 bridgehead atoms. The van der Waals surface area contributed by atoms with Gasteiger partial charge in [0, 0.05) is 24.8 Å². The zero-order valence-corrected chi connectivity index (χ0v) is 19.4. The number of aromatic amines is 1. The maximum atomic E-state index is 13.2. The number of H-pyrrole nitrogens is 1. The van der Waals surface area contributed by atoms with Crippen molar-refractivity contribution < 1.29 is 4.74 Å². The molecule has 0 aliphatic carbocycles. The molecule has 9 heteroatoms. The van der Waals surface area contributed by atoms with Crippen LogP contribution in [0.15, 0.2) is 57.2 Å². The number of halogens is 1. The number of ether oxygens (including phenoxy) is 1. The molecule has 4 rings (SSSR count). The summed E-state index contributed by atoms with van der Waals surface area (Å²) in [5.41, 5.74) is 0.854. The van der Waals surface area contributed by atoms with Crippen LogP contribution >= 0.6 is 23.4 Å². The van der Waals surface area contributed by atoms with Crippen LogP contribution < -0.4 is 11.1 Å². The van der Waals surface area contributed by atoms with E-state index in [-0.39, 0.29) is 16.4 Å². The van der Waals surface area contributed by atoms with Gasteiger partial charge >= 0.3 is 0 Å². The Bertz CT molecular complexity index is 1390. The van der Waals surface area contributed by atoms with E-state index in [1.54, 1.807) is 28.8 Å². The second-order valence-corrected chi connectivity index (χ2v) is 9.04. The van der Waals surface area contributed by atoms with E-state index >= 15 is 0 Å². The Morgan fingerprint density at radius 3 is 2.75 bits per heavy atom.